The zero-order chi connectivity index (χ0) is 30.2. The number of benzene rings is 2. The number of hydrogen-bond acceptors (Lipinski definition) is 10. The smallest absolute Gasteiger partial charge is 0.234 e. The van der Waals surface area contributed by atoms with Gasteiger partial charge in [0, 0.05) is 61.5 Å². The molecule has 5 aromatic rings. The first kappa shape index (κ1) is 29.4. The van der Waals surface area contributed by atoms with Crippen LogP contribution in [0, 0.1) is 11.3 Å². The van der Waals surface area contributed by atoms with E-state index in [1.54, 1.807) is 18.5 Å². The van der Waals surface area contributed by atoms with Gasteiger partial charge in [0.05, 0.1) is 11.2 Å². The van der Waals surface area contributed by atoms with Crippen LogP contribution in [0.5, 0.6) is 0 Å². The van der Waals surface area contributed by atoms with Gasteiger partial charge in [-0.05, 0) is 42.2 Å². The lowest BCUT2D eigenvalue weighted by Gasteiger charge is -2.32. The minimum absolute atomic E-state index is 0.0753. The maximum Gasteiger partial charge on any atom is 0.234 e. The van der Waals surface area contributed by atoms with Crippen LogP contribution in [0.25, 0.3) is 33.3 Å². The fraction of sp³-hybridized carbons (Fsp3) is 0.212. The molecule has 1 aliphatic heterocycles. The molecule has 0 atom stereocenters. The number of pyridine rings is 2. The Morgan fingerprint density at radius 3 is 2.44 bits per heavy atom. The van der Waals surface area contributed by atoms with Gasteiger partial charge in [-0.1, -0.05) is 54.6 Å². The van der Waals surface area contributed by atoms with E-state index < -0.39 is 0 Å². The van der Waals surface area contributed by atoms with Gasteiger partial charge in [0.25, 0.3) is 0 Å². The second kappa shape index (κ2) is 13.7. The van der Waals surface area contributed by atoms with Crippen LogP contribution in [0.3, 0.4) is 0 Å². The molecule has 0 amide bonds. The number of anilines is 1. The summed E-state index contributed by atoms with van der Waals surface area (Å²) in [6, 6.07) is 26.9. The van der Waals surface area contributed by atoms with Crippen molar-refractivity contribution >= 4 is 22.5 Å². The lowest BCUT2D eigenvalue weighted by Crippen LogP contribution is -2.38. The number of piperidine rings is 1. The summed E-state index contributed by atoms with van der Waals surface area (Å²) in [6.07, 6.45) is 5.35. The Labute approximate surface area is 249 Å². The molecule has 4 heterocycles. The molecule has 10 nitrogen and oxygen atoms in total. The number of rotatable bonds is 7. The first-order valence-corrected chi connectivity index (χ1v) is 14.0. The maximum absolute atomic E-state index is 11.9. The van der Waals surface area contributed by atoms with Crippen LogP contribution >= 0.6 is 0 Å². The second-order valence-electron chi connectivity index (χ2n) is 10.3. The first-order valence-electron chi connectivity index (χ1n) is 14.0. The molecule has 6 rings (SSSR count). The highest BCUT2D eigenvalue weighted by Crippen LogP contribution is 2.33. The Kier molecular flexibility index (Phi) is 9.39. The summed E-state index contributed by atoms with van der Waals surface area (Å²) >= 11 is 0. The molecule has 0 spiro atoms. The summed E-state index contributed by atoms with van der Waals surface area (Å²) in [5.74, 6) is 4.31. The van der Waals surface area contributed by atoms with Gasteiger partial charge >= 0.3 is 0 Å². The van der Waals surface area contributed by atoms with Crippen LogP contribution in [0.15, 0.2) is 85.2 Å². The lowest BCUT2D eigenvalue weighted by molar-refractivity contribution is 0.101. The average molecular weight is 573 g/mol. The van der Waals surface area contributed by atoms with E-state index in [2.05, 4.69) is 73.5 Å². The van der Waals surface area contributed by atoms with E-state index in [4.69, 9.17) is 15.5 Å². The summed E-state index contributed by atoms with van der Waals surface area (Å²) in [4.78, 5) is 31.9. The van der Waals surface area contributed by atoms with Crippen molar-refractivity contribution < 1.29 is 10.0 Å². The summed E-state index contributed by atoms with van der Waals surface area (Å²) in [5, 5.41) is 19.9. The van der Waals surface area contributed by atoms with Crippen molar-refractivity contribution in [2.45, 2.75) is 32.4 Å². The molecule has 1 fully saturated rings. The fourth-order valence-corrected chi connectivity index (χ4v) is 5.28. The number of hydrogen-bond donors (Lipinski definition) is 3. The van der Waals surface area contributed by atoms with E-state index in [1.807, 2.05) is 30.3 Å². The van der Waals surface area contributed by atoms with Crippen LogP contribution in [-0.2, 0) is 6.54 Å². The largest absolute Gasteiger partial charge is 0.367 e. The zero-order valence-electron chi connectivity index (χ0n) is 23.8. The highest BCUT2D eigenvalue weighted by molar-refractivity contribution is 5.97. The van der Waals surface area contributed by atoms with Crippen LogP contribution in [0.4, 0.5) is 5.82 Å². The number of likely N-dealkylation sites (tertiary alicyclic amines) is 1. The van der Waals surface area contributed by atoms with Crippen molar-refractivity contribution in [2.75, 3.05) is 18.4 Å². The molecular weight excluding hydrogens is 540 g/mol. The van der Waals surface area contributed by atoms with Crippen LogP contribution in [0.2, 0.25) is 0 Å². The van der Waals surface area contributed by atoms with Crippen LogP contribution in [-0.4, -0.2) is 55.0 Å². The topological polar surface area (TPSA) is 154 Å². The molecule has 1 aliphatic rings. The van der Waals surface area contributed by atoms with E-state index in [9.17, 15) is 4.79 Å². The number of Topliss-reactive ketones (excluding diaryl/α,β-unsaturated/α-hetero) is 1. The van der Waals surface area contributed by atoms with Gasteiger partial charge in [-0.25, -0.2) is 20.8 Å². The molecular formula is C33H32N8O2. The van der Waals surface area contributed by atoms with Gasteiger partial charge in [0.15, 0.2) is 5.78 Å². The number of aromatic nitrogens is 4. The molecule has 4 N–H and O–H groups in total. The Bertz CT molecular complexity index is 1750. The number of ketones is 1. The molecule has 43 heavy (non-hydrogen) atoms. The van der Waals surface area contributed by atoms with E-state index in [0.29, 0.717) is 17.6 Å². The molecule has 0 aliphatic carbocycles. The predicted octanol–water partition coefficient (Wildman–Crippen LogP) is 5.24. The summed E-state index contributed by atoms with van der Waals surface area (Å²) < 4.78 is 0. The number of nitrogens with two attached hydrogens (primary N) is 1. The molecule has 0 unspecified atom stereocenters. The molecule has 1 saturated heterocycles. The Morgan fingerprint density at radius 1 is 1.00 bits per heavy atom. The third-order valence-electron chi connectivity index (χ3n) is 7.47. The summed E-state index contributed by atoms with van der Waals surface area (Å²) in [5.41, 5.74) is 6.45. The molecule has 2 aromatic carbocycles. The Hall–Kier alpha value is -5.08. The average Bonchev–Trinajstić information content (AvgIpc) is 3.06. The minimum Gasteiger partial charge on any atom is -0.367 e. The maximum atomic E-state index is 11.9. The van der Waals surface area contributed by atoms with E-state index in [-0.39, 0.29) is 11.6 Å². The van der Waals surface area contributed by atoms with Crippen molar-refractivity contribution in [1.29, 1.82) is 5.26 Å². The van der Waals surface area contributed by atoms with Crippen molar-refractivity contribution in [3.8, 4) is 28.5 Å². The van der Waals surface area contributed by atoms with Gasteiger partial charge in [0.2, 0.25) is 5.82 Å². The second-order valence-corrected chi connectivity index (χ2v) is 10.3. The SMILES string of the molecule is CC(=O)c1cc2nc(-c3ccc(CN4CCC(Nc5ccnc(C#N)n5)CC4)cc3)c(-c3ccccc3)cc2cn1.NO. The standard InChI is InChI=1S/C33H29N7O.H3NO/c1-22(41)29-18-30-26(20-36-29)17-28(24-5-3-2-4-6-24)33(38-30)25-9-7-23(8-10-25)21-40-15-12-27(13-16-40)37-31-11-14-35-32(19-34)39-31;1-2/h2-11,14,17-18,20,27H,12-13,15-16,21H2,1H3,(H,35,37,39);2H,1H2. The number of carbonyl (C=O) groups excluding carboxylic acids is 1. The fourth-order valence-electron chi connectivity index (χ4n) is 5.28. The molecule has 10 heteroatoms. The van der Waals surface area contributed by atoms with Crippen LogP contribution in [0.1, 0.15) is 41.6 Å². The van der Waals surface area contributed by atoms with Crippen molar-refractivity contribution in [1.82, 2.24) is 24.8 Å². The first-order chi connectivity index (χ1) is 21.1. The number of nitrogens with zero attached hydrogens (tertiary/aromatic N) is 6. The molecule has 3 aromatic heterocycles. The predicted molar refractivity (Wildman–Crippen MR) is 165 cm³/mol. The van der Waals surface area contributed by atoms with E-state index in [1.165, 1.54) is 12.5 Å². The van der Waals surface area contributed by atoms with Crippen molar-refractivity contribution in [2.24, 2.45) is 5.90 Å². The number of fused-ring (bicyclic) bond motifs is 1. The third kappa shape index (κ3) is 7.05. The van der Waals surface area contributed by atoms with Gasteiger partial charge in [0.1, 0.15) is 17.6 Å². The van der Waals surface area contributed by atoms with Crippen molar-refractivity contribution in [3.05, 3.63) is 102 Å². The normalized spacial score (nSPS) is 13.5. The minimum atomic E-state index is -0.0753. The quantitative estimate of drug-likeness (QED) is 0.174. The summed E-state index contributed by atoms with van der Waals surface area (Å²) in [6.45, 7) is 4.36. The zero-order valence-corrected chi connectivity index (χ0v) is 23.8. The van der Waals surface area contributed by atoms with E-state index >= 15 is 0 Å². The van der Waals surface area contributed by atoms with Gasteiger partial charge in [-0.2, -0.15) is 5.26 Å². The number of nitrogens with one attached hydrogen (secondary N) is 1. The van der Waals surface area contributed by atoms with Gasteiger partial charge in [-0.3, -0.25) is 14.7 Å². The lowest BCUT2D eigenvalue weighted by atomic mass is 9.97. The van der Waals surface area contributed by atoms with Gasteiger partial charge < -0.3 is 10.5 Å². The summed E-state index contributed by atoms with van der Waals surface area (Å²) in [7, 11) is 0. The van der Waals surface area contributed by atoms with Crippen LogP contribution < -0.4 is 11.2 Å². The Balaban J connectivity index is 0.00000180. The highest BCUT2D eigenvalue weighted by atomic mass is 16.4. The number of carbonyl (C=O) groups is 1. The molecule has 0 bridgehead atoms. The third-order valence-corrected chi connectivity index (χ3v) is 7.47. The molecule has 0 saturated carbocycles. The van der Waals surface area contributed by atoms with E-state index in [0.717, 1.165) is 65.8 Å². The van der Waals surface area contributed by atoms with Crippen molar-refractivity contribution in [3.63, 3.8) is 0 Å². The Morgan fingerprint density at radius 2 is 1.74 bits per heavy atom. The number of nitriles is 1. The van der Waals surface area contributed by atoms with Gasteiger partial charge in [-0.15, -0.1) is 0 Å². The molecule has 216 valence electrons. The molecule has 0 radical (unpaired) electrons. The highest BCUT2D eigenvalue weighted by Gasteiger charge is 2.20. The monoisotopic (exact) mass is 572 g/mol.